The zero-order valence-electron chi connectivity index (χ0n) is 10.3. The van der Waals surface area contributed by atoms with Crippen LogP contribution in [0, 0.1) is 5.92 Å². The molecule has 0 amide bonds. The molecule has 0 bridgehead atoms. The average molecular weight is 271 g/mol. The Morgan fingerprint density at radius 2 is 1.84 bits per heavy atom. The number of aliphatic hydroxyl groups is 1. The van der Waals surface area contributed by atoms with Crippen LogP contribution in [0.2, 0.25) is 0 Å². The summed E-state index contributed by atoms with van der Waals surface area (Å²) in [6.45, 7) is 0.653. The van der Waals surface area contributed by atoms with E-state index in [4.69, 9.17) is 5.11 Å². The fourth-order valence-electron chi connectivity index (χ4n) is 2.12. The van der Waals surface area contributed by atoms with E-state index in [9.17, 15) is 13.2 Å². The molecule has 1 aromatic rings. The molecule has 2 nitrogen and oxygen atoms in total. The van der Waals surface area contributed by atoms with Gasteiger partial charge in [0.15, 0.2) is 0 Å². The van der Waals surface area contributed by atoms with Gasteiger partial charge in [0, 0.05) is 25.1 Å². The quantitative estimate of drug-likeness (QED) is 0.825. The maximum Gasteiger partial charge on any atom is 0.416 e. The van der Waals surface area contributed by atoms with Crippen LogP contribution in [0.15, 0.2) is 36.4 Å². The number of hydrogen-bond acceptors (Lipinski definition) is 2. The van der Waals surface area contributed by atoms with Crippen molar-refractivity contribution in [3.63, 3.8) is 0 Å². The summed E-state index contributed by atoms with van der Waals surface area (Å²) in [5, 5.41) is 12.2. The molecule has 2 rings (SSSR count). The first-order chi connectivity index (χ1) is 8.99. The lowest BCUT2D eigenvalue weighted by atomic mass is 10.1. The first kappa shape index (κ1) is 14.1. The van der Waals surface area contributed by atoms with Gasteiger partial charge in [-0.05, 0) is 24.1 Å². The molecule has 1 aliphatic carbocycles. The van der Waals surface area contributed by atoms with Crippen molar-refractivity contribution >= 4 is 0 Å². The average Bonchev–Trinajstić information content (AvgIpc) is 2.84. The smallest absolute Gasteiger partial charge is 0.396 e. The molecule has 2 atom stereocenters. The van der Waals surface area contributed by atoms with Gasteiger partial charge in [0.05, 0.1) is 5.56 Å². The molecule has 0 saturated heterocycles. The van der Waals surface area contributed by atoms with Crippen LogP contribution in [0.1, 0.15) is 17.5 Å². The summed E-state index contributed by atoms with van der Waals surface area (Å²) in [6.07, 6.45) is 0.501. The van der Waals surface area contributed by atoms with Crippen LogP contribution >= 0.6 is 0 Å². The van der Waals surface area contributed by atoms with Gasteiger partial charge in [-0.2, -0.15) is 13.2 Å². The molecule has 1 aromatic carbocycles. The van der Waals surface area contributed by atoms with E-state index in [1.807, 2.05) is 12.2 Å². The summed E-state index contributed by atoms with van der Waals surface area (Å²) in [5.41, 5.74) is 0.186. The second kappa shape index (κ2) is 5.75. The van der Waals surface area contributed by atoms with E-state index in [0.29, 0.717) is 6.54 Å². The van der Waals surface area contributed by atoms with E-state index >= 15 is 0 Å². The number of halogens is 3. The monoisotopic (exact) mass is 271 g/mol. The summed E-state index contributed by atoms with van der Waals surface area (Å²) < 4.78 is 37.2. The Kier molecular flexibility index (Phi) is 4.27. The zero-order chi connectivity index (χ0) is 13.9. The molecule has 1 aliphatic rings. The fraction of sp³-hybridized carbons (Fsp3) is 0.429. The van der Waals surface area contributed by atoms with E-state index < -0.39 is 11.7 Å². The van der Waals surface area contributed by atoms with Crippen LogP contribution < -0.4 is 5.32 Å². The number of aliphatic hydroxyl groups excluding tert-OH is 1. The number of rotatable bonds is 4. The Labute approximate surface area is 109 Å². The molecule has 0 heterocycles. The predicted octanol–water partition coefficient (Wildman–Crippen LogP) is 2.73. The molecule has 0 aliphatic heterocycles. The van der Waals surface area contributed by atoms with Gasteiger partial charge in [-0.25, -0.2) is 0 Å². The number of benzene rings is 1. The maximum absolute atomic E-state index is 12.4. The third kappa shape index (κ3) is 3.81. The van der Waals surface area contributed by atoms with Crippen molar-refractivity contribution in [3.05, 3.63) is 47.5 Å². The number of alkyl halides is 3. The molecule has 0 aromatic heterocycles. The van der Waals surface area contributed by atoms with Crippen molar-refractivity contribution in [1.82, 2.24) is 5.32 Å². The second-order valence-corrected chi connectivity index (χ2v) is 4.75. The molecule has 19 heavy (non-hydrogen) atoms. The van der Waals surface area contributed by atoms with Gasteiger partial charge < -0.3 is 10.4 Å². The van der Waals surface area contributed by atoms with Crippen molar-refractivity contribution in [2.24, 2.45) is 5.92 Å². The van der Waals surface area contributed by atoms with Crippen LogP contribution in [0.3, 0.4) is 0 Å². The number of hydrogen-bond donors (Lipinski definition) is 2. The largest absolute Gasteiger partial charge is 0.416 e. The van der Waals surface area contributed by atoms with Gasteiger partial charge in [0.2, 0.25) is 0 Å². The highest BCUT2D eigenvalue weighted by molar-refractivity contribution is 5.24. The number of nitrogens with one attached hydrogen (secondary N) is 1. The fourth-order valence-corrected chi connectivity index (χ4v) is 2.12. The summed E-state index contributed by atoms with van der Waals surface area (Å²) >= 11 is 0. The molecule has 2 N–H and O–H groups in total. The maximum atomic E-state index is 12.4. The van der Waals surface area contributed by atoms with Crippen molar-refractivity contribution < 1.29 is 18.3 Å². The molecule has 104 valence electrons. The van der Waals surface area contributed by atoms with E-state index in [-0.39, 0.29) is 18.6 Å². The lowest BCUT2D eigenvalue weighted by molar-refractivity contribution is -0.137. The van der Waals surface area contributed by atoms with Crippen LogP contribution in [-0.4, -0.2) is 17.8 Å². The lowest BCUT2D eigenvalue weighted by Gasteiger charge is -2.13. The molecule has 0 unspecified atom stereocenters. The molecular weight excluding hydrogens is 255 g/mol. The summed E-state index contributed by atoms with van der Waals surface area (Å²) in [6, 6.07) is 5.34. The van der Waals surface area contributed by atoms with Gasteiger partial charge in [0.1, 0.15) is 0 Å². The van der Waals surface area contributed by atoms with Crippen molar-refractivity contribution in [1.29, 1.82) is 0 Å². The molecule has 0 saturated carbocycles. The summed E-state index contributed by atoms with van der Waals surface area (Å²) in [7, 11) is 0. The zero-order valence-corrected chi connectivity index (χ0v) is 10.3. The van der Waals surface area contributed by atoms with Crippen molar-refractivity contribution in [2.45, 2.75) is 25.2 Å². The Balaban J connectivity index is 1.86. The van der Waals surface area contributed by atoms with Crippen molar-refractivity contribution in [2.75, 3.05) is 6.61 Å². The third-order valence-electron chi connectivity index (χ3n) is 3.26. The summed E-state index contributed by atoms with van der Waals surface area (Å²) in [4.78, 5) is 0. The van der Waals surface area contributed by atoms with Gasteiger partial charge in [-0.3, -0.25) is 0 Å². The van der Waals surface area contributed by atoms with E-state index in [2.05, 4.69) is 5.32 Å². The minimum Gasteiger partial charge on any atom is -0.396 e. The predicted molar refractivity (Wildman–Crippen MR) is 66.4 cm³/mol. The minimum atomic E-state index is -4.28. The van der Waals surface area contributed by atoms with Crippen LogP contribution in [0.5, 0.6) is 0 Å². The standard InChI is InChI=1S/C14H16F3NO/c15-14(16,17)12-4-1-10(2-5-12)8-18-13-6-3-11(7-13)9-19/h1-6,11,13,18-19H,7-9H2/t11-,13+/m0/s1. The van der Waals surface area contributed by atoms with E-state index in [1.165, 1.54) is 12.1 Å². The van der Waals surface area contributed by atoms with Gasteiger partial charge >= 0.3 is 6.18 Å². The first-order valence-corrected chi connectivity index (χ1v) is 6.18. The Hall–Kier alpha value is -1.33. The Bertz CT molecular complexity index is 439. The normalized spacial score (nSPS) is 22.9. The Morgan fingerprint density at radius 3 is 2.37 bits per heavy atom. The minimum absolute atomic E-state index is 0.134. The molecule has 0 spiro atoms. The molecular formula is C14H16F3NO. The summed E-state index contributed by atoms with van der Waals surface area (Å²) in [5.74, 6) is 0.185. The van der Waals surface area contributed by atoms with Gasteiger partial charge in [0.25, 0.3) is 0 Å². The highest BCUT2D eigenvalue weighted by Gasteiger charge is 2.29. The second-order valence-electron chi connectivity index (χ2n) is 4.75. The Morgan fingerprint density at radius 1 is 1.16 bits per heavy atom. The van der Waals surface area contributed by atoms with Gasteiger partial charge in [-0.15, -0.1) is 0 Å². The molecule has 5 heteroatoms. The van der Waals surface area contributed by atoms with Crippen LogP contribution in [-0.2, 0) is 12.7 Å². The van der Waals surface area contributed by atoms with E-state index in [0.717, 1.165) is 24.1 Å². The first-order valence-electron chi connectivity index (χ1n) is 6.18. The molecule has 0 fully saturated rings. The highest BCUT2D eigenvalue weighted by atomic mass is 19.4. The molecule has 0 radical (unpaired) electrons. The lowest BCUT2D eigenvalue weighted by Crippen LogP contribution is -2.26. The third-order valence-corrected chi connectivity index (χ3v) is 3.26. The SMILES string of the molecule is OC[C@H]1C=C[C@@H](NCc2ccc(C(F)(F)F)cc2)C1. The van der Waals surface area contributed by atoms with Crippen LogP contribution in [0.25, 0.3) is 0 Å². The van der Waals surface area contributed by atoms with E-state index in [1.54, 1.807) is 0 Å². The highest BCUT2D eigenvalue weighted by Crippen LogP contribution is 2.29. The van der Waals surface area contributed by atoms with Gasteiger partial charge in [-0.1, -0.05) is 24.3 Å². The topological polar surface area (TPSA) is 32.3 Å². The van der Waals surface area contributed by atoms with Crippen LogP contribution in [0.4, 0.5) is 13.2 Å². The van der Waals surface area contributed by atoms with Crippen molar-refractivity contribution in [3.8, 4) is 0 Å².